The van der Waals surface area contributed by atoms with Crippen LogP contribution in [0, 0.1) is 10.1 Å². The molecule has 0 saturated carbocycles. The average molecular weight is 664 g/mol. The molecule has 0 bridgehead atoms. The third kappa shape index (κ3) is 6.56. The van der Waals surface area contributed by atoms with Crippen molar-refractivity contribution in [2.24, 2.45) is 4.99 Å². The highest BCUT2D eigenvalue weighted by Crippen LogP contribution is 2.36. The Morgan fingerprint density at radius 2 is 1.79 bits per heavy atom. The molecular weight excluding hydrogens is 635 g/mol. The Kier molecular flexibility index (Phi) is 9.23. The summed E-state index contributed by atoms with van der Waals surface area (Å²) in [6.45, 7) is 6.07. The number of hydrogen-bond acceptors (Lipinski definition) is 10. The number of fused-ring (bicyclic) bond motifs is 1. The molecule has 12 heteroatoms. The Balaban J connectivity index is 1.61. The Morgan fingerprint density at radius 3 is 2.45 bits per heavy atom. The summed E-state index contributed by atoms with van der Waals surface area (Å²) in [5, 5.41) is 12.2. The molecule has 3 heterocycles. The molecule has 47 heavy (non-hydrogen) atoms. The van der Waals surface area contributed by atoms with Crippen molar-refractivity contribution in [3.63, 3.8) is 0 Å². The van der Waals surface area contributed by atoms with E-state index < -0.39 is 16.9 Å². The van der Waals surface area contributed by atoms with Gasteiger partial charge in [0.15, 0.2) is 9.96 Å². The number of non-ortho nitro benzene ring substituents is 1. The number of esters is 1. The summed E-state index contributed by atoms with van der Waals surface area (Å²) in [5.74, 6) is -0.281. The van der Waals surface area contributed by atoms with Crippen molar-refractivity contribution in [3.05, 3.63) is 149 Å². The highest BCUT2D eigenvalue weighted by Gasteiger charge is 2.35. The molecule has 0 saturated heterocycles. The Bertz CT molecular complexity index is 2180. The van der Waals surface area contributed by atoms with E-state index in [1.54, 1.807) is 37.5 Å². The first-order valence-corrected chi connectivity index (χ1v) is 16.5. The minimum Gasteiger partial charge on any atom is -0.463 e. The van der Waals surface area contributed by atoms with Gasteiger partial charge < -0.3 is 4.74 Å². The van der Waals surface area contributed by atoms with Crippen molar-refractivity contribution in [1.82, 2.24) is 14.5 Å². The molecule has 0 unspecified atom stereocenters. The Labute approximate surface area is 278 Å². The van der Waals surface area contributed by atoms with Gasteiger partial charge in [-0.05, 0) is 59.5 Å². The van der Waals surface area contributed by atoms with Crippen LogP contribution in [0.15, 0.2) is 117 Å². The molecule has 1 aliphatic rings. The van der Waals surface area contributed by atoms with Crippen LogP contribution in [0.25, 0.3) is 11.8 Å². The van der Waals surface area contributed by atoms with Gasteiger partial charge in [0.25, 0.3) is 11.2 Å². The van der Waals surface area contributed by atoms with Gasteiger partial charge in [-0.15, -0.1) is 0 Å². The number of ether oxygens (including phenoxy) is 1. The van der Waals surface area contributed by atoms with Crippen molar-refractivity contribution < 1.29 is 14.5 Å². The lowest BCUT2D eigenvalue weighted by molar-refractivity contribution is -0.384. The molecule has 2 aromatic heterocycles. The smallest absolute Gasteiger partial charge is 0.338 e. The van der Waals surface area contributed by atoms with E-state index in [0.29, 0.717) is 36.2 Å². The van der Waals surface area contributed by atoms with Gasteiger partial charge in [0.05, 0.1) is 33.4 Å². The number of benzene rings is 3. The topological polar surface area (TPSA) is 130 Å². The lowest BCUT2D eigenvalue weighted by Gasteiger charge is -2.26. The zero-order valence-corrected chi connectivity index (χ0v) is 27.3. The number of hydrogen-bond donors (Lipinski definition) is 0. The van der Waals surface area contributed by atoms with Crippen molar-refractivity contribution >= 4 is 46.5 Å². The summed E-state index contributed by atoms with van der Waals surface area (Å²) >= 11 is 2.38. The van der Waals surface area contributed by atoms with Crippen LogP contribution in [0.1, 0.15) is 55.0 Å². The second-order valence-electron chi connectivity index (χ2n) is 10.9. The minimum atomic E-state index is -0.833. The van der Waals surface area contributed by atoms with Crippen LogP contribution in [0.3, 0.4) is 0 Å². The number of carbonyl (C=O) groups is 1. The number of thiazole rings is 1. The van der Waals surface area contributed by atoms with Gasteiger partial charge in [-0.2, -0.15) is 0 Å². The van der Waals surface area contributed by atoms with Gasteiger partial charge in [0.2, 0.25) is 0 Å². The van der Waals surface area contributed by atoms with E-state index in [1.165, 1.54) is 28.5 Å². The summed E-state index contributed by atoms with van der Waals surface area (Å²) in [6, 6.07) is 22.5. The van der Waals surface area contributed by atoms with E-state index in [0.717, 1.165) is 22.5 Å². The average Bonchev–Trinajstić information content (AvgIpc) is 3.39. The van der Waals surface area contributed by atoms with Gasteiger partial charge in [0.1, 0.15) is 0 Å². The molecule has 0 N–H and O–H groups in total. The Hall–Kier alpha value is -5.20. The summed E-state index contributed by atoms with van der Waals surface area (Å²) in [6.07, 6.45) is 4.84. The lowest BCUT2D eigenvalue weighted by atomic mass is 9.91. The highest BCUT2D eigenvalue weighted by molar-refractivity contribution is 7.99. The van der Waals surface area contributed by atoms with Crippen LogP contribution in [0.2, 0.25) is 0 Å². The number of nitro benzene ring substituents is 1. The maximum absolute atomic E-state index is 14.4. The largest absolute Gasteiger partial charge is 0.463 e. The fourth-order valence-corrected chi connectivity index (χ4v) is 7.04. The zero-order valence-electron chi connectivity index (χ0n) is 25.7. The number of nitro groups is 1. The van der Waals surface area contributed by atoms with E-state index in [-0.39, 0.29) is 29.3 Å². The molecule has 0 spiro atoms. The first-order valence-electron chi connectivity index (χ1n) is 14.9. The number of carbonyl (C=O) groups excluding carboxylic acids is 1. The maximum Gasteiger partial charge on any atom is 0.338 e. The number of aromatic nitrogens is 3. The molecule has 0 amide bonds. The van der Waals surface area contributed by atoms with Crippen LogP contribution >= 0.6 is 23.1 Å². The molecule has 6 rings (SSSR count). The fraction of sp³-hybridized carbons (Fsp3) is 0.171. The van der Waals surface area contributed by atoms with Gasteiger partial charge in [-0.3, -0.25) is 19.5 Å². The first kappa shape index (κ1) is 31.8. The molecule has 3 aromatic carbocycles. The molecule has 1 atom stereocenters. The lowest BCUT2D eigenvalue weighted by Crippen LogP contribution is -2.40. The van der Waals surface area contributed by atoms with Crippen LogP contribution in [-0.2, 0) is 9.53 Å². The van der Waals surface area contributed by atoms with Crippen LogP contribution in [-0.4, -0.2) is 32.0 Å². The number of rotatable bonds is 9. The summed E-state index contributed by atoms with van der Waals surface area (Å²) < 4.78 is 7.37. The maximum atomic E-state index is 14.4. The van der Waals surface area contributed by atoms with Crippen molar-refractivity contribution in [2.75, 3.05) is 6.61 Å². The summed E-state index contributed by atoms with van der Waals surface area (Å²) in [7, 11) is 0. The van der Waals surface area contributed by atoms with E-state index in [9.17, 15) is 19.7 Å². The third-order valence-electron chi connectivity index (χ3n) is 7.53. The van der Waals surface area contributed by atoms with E-state index in [4.69, 9.17) is 9.73 Å². The minimum absolute atomic E-state index is 0.124. The molecular formula is C35H29N5O5S2. The molecule has 236 valence electrons. The van der Waals surface area contributed by atoms with Crippen molar-refractivity contribution in [1.29, 1.82) is 0 Å². The van der Waals surface area contributed by atoms with Gasteiger partial charge in [-0.25, -0.2) is 19.8 Å². The standard InChI is InChI=1S/C35H29N5O5S2/c1-4-45-33(42)29-30(23-9-6-5-7-10-23)38-35-39(31(29)24-13-11-22(12-14-24)21(2)3)32(41)28(47-35)20-25-19-26(40(43)44)15-16-27(25)46-34-36-17-8-18-37-34/h5-21,31H,4H2,1-3H3/b28-20+/t31-/m0/s1. The van der Waals surface area contributed by atoms with Crippen molar-refractivity contribution in [2.45, 2.75) is 42.8 Å². The number of nitrogens with zero attached hydrogens (tertiary/aromatic N) is 5. The first-order chi connectivity index (χ1) is 22.7. The predicted molar refractivity (Wildman–Crippen MR) is 181 cm³/mol. The van der Waals surface area contributed by atoms with Gasteiger partial charge in [0, 0.05) is 35.0 Å². The quantitative estimate of drug-likeness (QED) is 0.0824. The molecule has 10 nitrogen and oxygen atoms in total. The van der Waals surface area contributed by atoms with E-state index >= 15 is 0 Å². The fourth-order valence-electron chi connectivity index (χ4n) is 5.25. The van der Waals surface area contributed by atoms with E-state index in [2.05, 4.69) is 23.8 Å². The van der Waals surface area contributed by atoms with Crippen molar-refractivity contribution in [3.8, 4) is 0 Å². The highest BCUT2D eigenvalue weighted by atomic mass is 32.2. The van der Waals surface area contributed by atoms with Crippen LogP contribution in [0.4, 0.5) is 5.69 Å². The molecule has 0 radical (unpaired) electrons. The second-order valence-corrected chi connectivity index (χ2v) is 12.9. The molecule has 0 fully saturated rings. The van der Waals surface area contributed by atoms with Crippen LogP contribution in [0.5, 0.6) is 0 Å². The van der Waals surface area contributed by atoms with Gasteiger partial charge in [-0.1, -0.05) is 79.8 Å². The molecule has 5 aromatic rings. The monoisotopic (exact) mass is 663 g/mol. The summed E-state index contributed by atoms with van der Waals surface area (Å²) in [4.78, 5) is 53.8. The summed E-state index contributed by atoms with van der Waals surface area (Å²) in [5.41, 5.74) is 3.15. The SMILES string of the molecule is CCOC(=O)C1=C(c2ccccc2)N=c2s/c(=C/c3cc([N+](=O)[O-])ccc3Sc3ncccn3)c(=O)n2[C@H]1c1ccc(C(C)C)cc1. The molecule has 1 aliphatic heterocycles. The van der Waals surface area contributed by atoms with E-state index in [1.807, 2.05) is 54.6 Å². The normalized spacial score (nSPS) is 14.6. The molecule has 0 aliphatic carbocycles. The van der Waals surface area contributed by atoms with Gasteiger partial charge >= 0.3 is 5.97 Å². The second kappa shape index (κ2) is 13.7. The zero-order chi connectivity index (χ0) is 33.1. The predicted octanol–water partition coefficient (Wildman–Crippen LogP) is 5.91. The van der Waals surface area contributed by atoms with Crippen LogP contribution < -0.4 is 14.9 Å². The Morgan fingerprint density at radius 1 is 1.06 bits per heavy atom. The third-order valence-corrected chi connectivity index (χ3v) is 9.49.